The first-order valence-electron chi connectivity index (χ1n) is 5.28. The van der Waals surface area contributed by atoms with Gasteiger partial charge in [0.1, 0.15) is 11.4 Å². The highest BCUT2D eigenvalue weighted by Gasteiger charge is 2.60. The molecule has 1 aromatic heterocycles. The van der Waals surface area contributed by atoms with Gasteiger partial charge < -0.3 is 0 Å². The smallest absolute Gasteiger partial charge is 0.292 e. The van der Waals surface area contributed by atoms with Gasteiger partial charge in [-0.2, -0.15) is 27.1 Å². The molecule has 1 aliphatic rings. The lowest BCUT2D eigenvalue weighted by Crippen LogP contribution is -2.34. The van der Waals surface area contributed by atoms with Crippen LogP contribution in [0, 0.1) is 5.92 Å². The number of ketones is 1. The Morgan fingerprint density at radius 2 is 1.89 bits per heavy atom. The van der Waals surface area contributed by atoms with E-state index in [1.54, 1.807) is 5.10 Å². The highest BCUT2D eigenvalue weighted by molar-refractivity contribution is 5.96. The van der Waals surface area contributed by atoms with Crippen molar-refractivity contribution in [3.8, 4) is 0 Å². The second-order valence-corrected chi connectivity index (χ2v) is 4.23. The van der Waals surface area contributed by atoms with E-state index in [-0.39, 0.29) is 11.6 Å². The van der Waals surface area contributed by atoms with E-state index in [2.05, 4.69) is 5.10 Å². The minimum atomic E-state index is -5.71. The lowest BCUT2D eigenvalue weighted by molar-refractivity contribution is -0.290. The molecule has 1 N–H and O–H groups in total. The highest BCUT2D eigenvalue weighted by Crippen LogP contribution is 2.43. The summed E-state index contributed by atoms with van der Waals surface area (Å²) < 4.78 is 62.1. The van der Waals surface area contributed by atoms with Crippen LogP contribution in [0.5, 0.6) is 0 Å². The summed E-state index contributed by atoms with van der Waals surface area (Å²) in [4.78, 5) is 11.6. The normalized spacial score (nSPS) is 17.6. The Labute approximate surface area is 98.4 Å². The second-order valence-electron chi connectivity index (χ2n) is 4.23. The van der Waals surface area contributed by atoms with E-state index in [4.69, 9.17) is 0 Å². The molecule has 1 aromatic rings. The van der Waals surface area contributed by atoms with Gasteiger partial charge in [0.05, 0.1) is 0 Å². The van der Waals surface area contributed by atoms with Gasteiger partial charge in [0.25, 0.3) is 0 Å². The van der Waals surface area contributed by atoms with Crippen LogP contribution < -0.4 is 0 Å². The van der Waals surface area contributed by atoms with Crippen LogP contribution in [0.15, 0.2) is 6.07 Å². The van der Waals surface area contributed by atoms with Gasteiger partial charge in [-0.25, -0.2) is 0 Å². The first-order valence-corrected chi connectivity index (χ1v) is 5.28. The molecule has 100 valence electrons. The van der Waals surface area contributed by atoms with Crippen molar-refractivity contribution in [2.24, 2.45) is 5.92 Å². The van der Waals surface area contributed by atoms with Crippen molar-refractivity contribution in [3.63, 3.8) is 0 Å². The molecule has 0 spiro atoms. The molecular formula is C10H9F5N2O. The van der Waals surface area contributed by atoms with Crippen molar-refractivity contribution in [1.29, 1.82) is 0 Å². The Morgan fingerprint density at radius 3 is 2.33 bits per heavy atom. The average molecular weight is 268 g/mol. The topological polar surface area (TPSA) is 45.8 Å². The van der Waals surface area contributed by atoms with Gasteiger partial charge in [-0.05, 0) is 18.9 Å². The van der Waals surface area contributed by atoms with Crippen molar-refractivity contribution < 1.29 is 26.7 Å². The number of hydrogen-bond donors (Lipinski definition) is 1. The molecule has 0 bridgehead atoms. The van der Waals surface area contributed by atoms with Gasteiger partial charge in [-0.3, -0.25) is 9.89 Å². The Bertz CT molecular complexity index is 461. The van der Waals surface area contributed by atoms with Crippen molar-refractivity contribution in [2.75, 3.05) is 0 Å². The van der Waals surface area contributed by atoms with Crippen LogP contribution in [0.25, 0.3) is 0 Å². The highest BCUT2D eigenvalue weighted by atomic mass is 19.4. The predicted molar refractivity (Wildman–Crippen MR) is 50.2 cm³/mol. The minimum absolute atomic E-state index is 0.305. The van der Waals surface area contributed by atoms with Gasteiger partial charge in [-0.1, -0.05) is 6.42 Å². The second kappa shape index (κ2) is 4.03. The van der Waals surface area contributed by atoms with Gasteiger partial charge in [0.15, 0.2) is 5.78 Å². The lowest BCUT2D eigenvalue weighted by atomic mass is 9.81. The summed E-state index contributed by atoms with van der Waals surface area (Å²) in [6, 6.07) is 0.480. The molecule has 1 fully saturated rings. The quantitative estimate of drug-likeness (QED) is 0.676. The number of H-pyrrole nitrogens is 1. The molecule has 0 amide bonds. The van der Waals surface area contributed by atoms with E-state index in [0.29, 0.717) is 18.9 Å². The summed E-state index contributed by atoms with van der Waals surface area (Å²) in [5, 5.41) is 4.84. The maximum Gasteiger partial charge on any atom is 0.459 e. The lowest BCUT2D eigenvalue weighted by Gasteiger charge is -2.22. The summed E-state index contributed by atoms with van der Waals surface area (Å²) in [7, 11) is 0. The molecular weight excluding hydrogens is 259 g/mol. The van der Waals surface area contributed by atoms with E-state index < -0.39 is 23.6 Å². The van der Waals surface area contributed by atoms with E-state index in [9.17, 15) is 26.7 Å². The summed E-state index contributed by atoms with van der Waals surface area (Å²) in [6.45, 7) is 0. The van der Waals surface area contributed by atoms with Crippen molar-refractivity contribution in [3.05, 3.63) is 17.5 Å². The van der Waals surface area contributed by atoms with Crippen LogP contribution in [0.2, 0.25) is 0 Å². The van der Waals surface area contributed by atoms with Crippen LogP contribution in [0.4, 0.5) is 22.0 Å². The van der Waals surface area contributed by atoms with E-state index >= 15 is 0 Å². The predicted octanol–water partition coefficient (Wildman–Crippen LogP) is 3.05. The van der Waals surface area contributed by atoms with E-state index in [0.717, 1.165) is 6.42 Å². The molecule has 0 radical (unpaired) electrons. The van der Waals surface area contributed by atoms with Gasteiger partial charge in [0.2, 0.25) is 0 Å². The molecule has 0 aliphatic heterocycles. The average Bonchev–Trinajstić information content (AvgIpc) is 2.61. The molecule has 0 aromatic carbocycles. The number of rotatable bonds is 3. The van der Waals surface area contributed by atoms with Crippen molar-refractivity contribution in [2.45, 2.75) is 31.4 Å². The fraction of sp³-hybridized carbons (Fsp3) is 0.600. The molecule has 8 heteroatoms. The maximum atomic E-state index is 12.9. The van der Waals surface area contributed by atoms with Crippen LogP contribution in [-0.2, 0) is 5.92 Å². The molecule has 0 unspecified atom stereocenters. The molecule has 2 rings (SSSR count). The van der Waals surface area contributed by atoms with E-state index in [1.807, 2.05) is 0 Å². The Balaban J connectivity index is 2.22. The fourth-order valence-electron chi connectivity index (χ4n) is 1.64. The SMILES string of the molecule is O=C(c1cc(C(F)(F)C(F)(F)F)[nH]n1)C1CCC1. The zero-order valence-electron chi connectivity index (χ0n) is 9.02. The minimum Gasteiger partial charge on any atom is -0.292 e. The van der Waals surface area contributed by atoms with Crippen LogP contribution >= 0.6 is 0 Å². The Hall–Kier alpha value is -1.47. The number of aromatic nitrogens is 2. The molecule has 1 aliphatic carbocycles. The first-order chi connectivity index (χ1) is 8.23. The van der Waals surface area contributed by atoms with Crippen molar-refractivity contribution >= 4 is 5.78 Å². The third-order valence-corrected chi connectivity index (χ3v) is 3.00. The number of nitrogens with one attached hydrogen (secondary N) is 1. The number of halogens is 5. The molecule has 1 heterocycles. The van der Waals surface area contributed by atoms with Crippen LogP contribution in [0.3, 0.4) is 0 Å². The zero-order valence-corrected chi connectivity index (χ0v) is 9.02. The summed E-state index contributed by atoms with van der Waals surface area (Å²) >= 11 is 0. The third kappa shape index (κ3) is 1.99. The third-order valence-electron chi connectivity index (χ3n) is 3.00. The van der Waals surface area contributed by atoms with Gasteiger partial charge in [-0.15, -0.1) is 0 Å². The van der Waals surface area contributed by atoms with Crippen molar-refractivity contribution in [1.82, 2.24) is 10.2 Å². The zero-order chi connectivity index (χ0) is 13.6. The molecule has 1 saturated carbocycles. The van der Waals surface area contributed by atoms with Crippen LogP contribution in [0.1, 0.15) is 35.4 Å². The van der Waals surface area contributed by atoms with Gasteiger partial charge >= 0.3 is 12.1 Å². The summed E-state index contributed by atoms with van der Waals surface area (Å²) in [6.07, 6.45) is -3.61. The number of Topliss-reactive ketones (excluding diaryl/α,β-unsaturated/α-hetero) is 1. The molecule has 0 atom stereocenters. The number of aromatic amines is 1. The monoisotopic (exact) mass is 268 g/mol. The number of hydrogen-bond acceptors (Lipinski definition) is 2. The number of alkyl halides is 5. The maximum absolute atomic E-state index is 12.9. The summed E-state index contributed by atoms with van der Waals surface area (Å²) in [5.41, 5.74) is -1.77. The number of nitrogens with zero attached hydrogens (tertiary/aromatic N) is 1. The fourth-order valence-corrected chi connectivity index (χ4v) is 1.64. The summed E-state index contributed by atoms with van der Waals surface area (Å²) in [5.74, 6) is -5.82. The van der Waals surface area contributed by atoms with Crippen LogP contribution in [-0.4, -0.2) is 22.2 Å². The van der Waals surface area contributed by atoms with Gasteiger partial charge in [0, 0.05) is 5.92 Å². The molecule has 3 nitrogen and oxygen atoms in total. The Morgan fingerprint density at radius 1 is 1.28 bits per heavy atom. The van der Waals surface area contributed by atoms with E-state index in [1.165, 1.54) is 0 Å². The standard InChI is InChI=1S/C10H9F5N2O/c11-9(12,10(13,14)15)7-4-6(16-17-7)8(18)5-2-1-3-5/h4-5H,1-3H2,(H,16,17). The first kappa shape index (κ1) is 13.0. The number of carbonyl (C=O) groups excluding carboxylic acids is 1. The molecule has 0 saturated heterocycles. The number of carbonyl (C=O) groups is 1. The largest absolute Gasteiger partial charge is 0.459 e. The molecule has 18 heavy (non-hydrogen) atoms. The Kier molecular flexibility index (Phi) is 2.90.